The van der Waals surface area contributed by atoms with E-state index < -0.39 is 0 Å². The van der Waals surface area contributed by atoms with Gasteiger partial charge in [0, 0.05) is 17.1 Å². The van der Waals surface area contributed by atoms with Gasteiger partial charge in [-0.05, 0) is 48.4 Å². The highest BCUT2D eigenvalue weighted by molar-refractivity contribution is 6.30. The van der Waals surface area contributed by atoms with Crippen LogP contribution in [-0.4, -0.2) is 29.3 Å². The Morgan fingerprint density at radius 2 is 1.81 bits per heavy atom. The first-order chi connectivity index (χ1) is 15.1. The Balaban J connectivity index is 1.64. The van der Waals surface area contributed by atoms with Crippen LogP contribution >= 0.6 is 11.6 Å². The molecule has 5 nitrogen and oxygen atoms in total. The molecular weight excluding hydrogens is 410 g/mol. The maximum atomic E-state index is 13.1. The molecule has 0 aliphatic carbocycles. The molecular formula is C25H22ClN3O2. The summed E-state index contributed by atoms with van der Waals surface area (Å²) in [6, 6.07) is 26.7. The highest BCUT2D eigenvalue weighted by Gasteiger charge is 2.18. The smallest absolute Gasteiger partial charge is 0.270 e. The van der Waals surface area contributed by atoms with Crippen molar-refractivity contribution < 1.29 is 9.53 Å². The molecule has 4 aromatic rings. The molecule has 6 heteroatoms. The number of halogens is 1. The number of ether oxygens (including phenoxy) is 1. The SMILES string of the molecule is COc1cccc(-c2cc(C(=O)NCCc3ccccc3)n(-c3cccc(Cl)c3)n2)c1. The third-order valence-corrected chi connectivity index (χ3v) is 5.14. The largest absolute Gasteiger partial charge is 0.497 e. The number of nitrogens with zero attached hydrogens (tertiary/aromatic N) is 2. The number of rotatable bonds is 7. The molecule has 156 valence electrons. The minimum Gasteiger partial charge on any atom is -0.497 e. The van der Waals surface area contributed by atoms with Crippen LogP contribution in [0.25, 0.3) is 16.9 Å². The van der Waals surface area contributed by atoms with E-state index in [1.807, 2.05) is 66.7 Å². The van der Waals surface area contributed by atoms with Crippen molar-refractivity contribution in [3.05, 3.63) is 101 Å². The Bertz CT molecular complexity index is 1190. The van der Waals surface area contributed by atoms with Gasteiger partial charge in [-0.1, -0.05) is 60.1 Å². The third-order valence-electron chi connectivity index (χ3n) is 4.90. The molecule has 0 bridgehead atoms. The zero-order chi connectivity index (χ0) is 21.6. The molecule has 0 atom stereocenters. The molecule has 0 aliphatic heterocycles. The van der Waals surface area contributed by atoms with E-state index in [0.29, 0.717) is 23.0 Å². The van der Waals surface area contributed by atoms with E-state index in [4.69, 9.17) is 21.4 Å². The number of amides is 1. The van der Waals surface area contributed by atoms with Gasteiger partial charge in [-0.2, -0.15) is 5.10 Å². The minimum absolute atomic E-state index is 0.197. The molecule has 0 saturated heterocycles. The van der Waals surface area contributed by atoms with Crippen molar-refractivity contribution >= 4 is 17.5 Å². The summed E-state index contributed by atoms with van der Waals surface area (Å²) < 4.78 is 6.95. The second-order valence-corrected chi connectivity index (χ2v) is 7.47. The highest BCUT2D eigenvalue weighted by Crippen LogP contribution is 2.26. The first-order valence-electron chi connectivity index (χ1n) is 9.96. The van der Waals surface area contributed by atoms with Gasteiger partial charge >= 0.3 is 0 Å². The van der Waals surface area contributed by atoms with Crippen LogP contribution in [0, 0.1) is 0 Å². The summed E-state index contributed by atoms with van der Waals surface area (Å²) in [5, 5.41) is 8.27. The molecule has 0 radical (unpaired) electrons. The van der Waals surface area contributed by atoms with Crippen molar-refractivity contribution in [2.45, 2.75) is 6.42 Å². The van der Waals surface area contributed by atoms with E-state index in [2.05, 4.69) is 5.32 Å². The lowest BCUT2D eigenvalue weighted by molar-refractivity contribution is 0.0946. The van der Waals surface area contributed by atoms with Crippen molar-refractivity contribution in [3.63, 3.8) is 0 Å². The van der Waals surface area contributed by atoms with Gasteiger partial charge in [0.25, 0.3) is 5.91 Å². The van der Waals surface area contributed by atoms with E-state index in [9.17, 15) is 4.79 Å². The topological polar surface area (TPSA) is 56.1 Å². The molecule has 1 N–H and O–H groups in total. The molecule has 0 spiro atoms. The van der Waals surface area contributed by atoms with Crippen LogP contribution in [0.2, 0.25) is 5.02 Å². The Kier molecular flexibility index (Phi) is 6.34. The Hall–Kier alpha value is -3.57. The standard InChI is InChI=1S/C25H22ClN3O2/c1-31-22-12-5-9-19(15-22)23-17-24(29(28-23)21-11-6-10-20(26)16-21)25(30)27-14-13-18-7-3-2-4-8-18/h2-12,15-17H,13-14H2,1H3,(H,27,30). The summed E-state index contributed by atoms with van der Waals surface area (Å²) in [5.41, 5.74) is 3.86. The zero-order valence-electron chi connectivity index (χ0n) is 17.1. The van der Waals surface area contributed by atoms with E-state index in [1.54, 1.807) is 30.0 Å². The van der Waals surface area contributed by atoms with Gasteiger partial charge in [0.1, 0.15) is 11.4 Å². The van der Waals surface area contributed by atoms with Gasteiger partial charge < -0.3 is 10.1 Å². The molecule has 3 aromatic carbocycles. The lowest BCUT2D eigenvalue weighted by atomic mass is 10.1. The summed E-state index contributed by atoms with van der Waals surface area (Å²) in [4.78, 5) is 13.1. The lowest BCUT2D eigenvalue weighted by Gasteiger charge is -2.09. The molecule has 31 heavy (non-hydrogen) atoms. The monoisotopic (exact) mass is 431 g/mol. The van der Waals surface area contributed by atoms with E-state index in [0.717, 1.165) is 23.4 Å². The molecule has 1 aromatic heterocycles. The summed E-state index contributed by atoms with van der Waals surface area (Å²) in [6.45, 7) is 0.526. The molecule has 4 rings (SSSR count). The van der Waals surface area contributed by atoms with Gasteiger partial charge in [-0.25, -0.2) is 4.68 Å². The lowest BCUT2D eigenvalue weighted by Crippen LogP contribution is -2.27. The fourth-order valence-electron chi connectivity index (χ4n) is 3.33. The average molecular weight is 432 g/mol. The Morgan fingerprint density at radius 1 is 1.00 bits per heavy atom. The van der Waals surface area contributed by atoms with Crippen LogP contribution in [0.15, 0.2) is 84.9 Å². The fourth-order valence-corrected chi connectivity index (χ4v) is 3.51. The Morgan fingerprint density at radius 3 is 2.58 bits per heavy atom. The van der Waals surface area contributed by atoms with Crippen molar-refractivity contribution in [3.8, 4) is 22.7 Å². The van der Waals surface area contributed by atoms with E-state index >= 15 is 0 Å². The number of carbonyl (C=O) groups is 1. The number of methoxy groups -OCH3 is 1. The molecule has 1 heterocycles. The first kappa shape index (κ1) is 20.7. The predicted molar refractivity (Wildman–Crippen MR) is 123 cm³/mol. The predicted octanol–water partition coefficient (Wildman–Crippen LogP) is 5.17. The maximum absolute atomic E-state index is 13.1. The van der Waals surface area contributed by atoms with Crippen LogP contribution < -0.4 is 10.1 Å². The normalized spacial score (nSPS) is 10.6. The van der Waals surface area contributed by atoms with Crippen molar-refractivity contribution in [2.75, 3.05) is 13.7 Å². The molecule has 0 unspecified atom stereocenters. The van der Waals surface area contributed by atoms with Crippen molar-refractivity contribution in [1.82, 2.24) is 15.1 Å². The van der Waals surface area contributed by atoms with Crippen LogP contribution in [0.1, 0.15) is 16.1 Å². The van der Waals surface area contributed by atoms with Gasteiger partial charge in [-0.15, -0.1) is 0 Å². The van der Waals surface area contributed by atoms with Crippen LogP contribution in [0.4, 0.5) is 0 Å². The van der Waals surface area contributed by atoms with Gasteiger partial charge in [-0.3, -0.25) is 4.79 Å². The van der Waals surface area contributed by atoms with Gasteiger partial charge in [0.05, 0.1) is 18.5 Å². The summed E-state index contributed by atoms with van der Waals surface area (Å²) in [6.07, 6.45) is 0.751. The molecule has 1 amide bonds. The summed E-state index contributed by atoms with van der Waals surface area (Å²) in [7, 11) is 1.62. The number of benzene rings is 3. The number of aromatic nitrogens is 2. The van der Waals surface area contributed by atoms with Crippen LogP contribution in [0.5, 0.6) is 5.75 Å². The van der Waals surface area contributed by atoms with Gasteiger partial charge in [0.15, 0.2) is 0 Å². The quantitative estimate of drug-likeness (QED) is 0.439. The number of hydrogen-bond acceptors (Lipinski definition) is 3. The number of hydrogen-bond donors (Lipinski definition) is 1. The second kappa shape index (κ2) is 9.49. The van der Waals surface area contributed by atoms with Crippen LogP contribution in [0.3, 0.4) is 0 Å². The first-order valence-corrected chi connectivity index (χ1v) is 10.3. The Labute approximate surface area is 186 Å². The zero-order valence-corrected chi connectivity index (χ0v) is 17.8. The molecule has 0 fully saturated rings. The summed E-state index contributed by atoms with van der Waals surface area (Å²) >= 11 is 6.18. The van der Waals surface area contributed by atoms with Crippen LogP contribution in [-0.2, 0) is 6.42 Å². The maximum Gasteiger partial charge on any atom is 0.270 e. The number of nitrogens with one attached hydrogen (secondary N) is 1. The number of carbonyl (C=O) groups excluding carboxylic acids is 1. The fraction of sp³-hybridized carbons (Fsp3) is 0.120. The highest BCUT2D eigenvalue weighted by atomic mass is 35.5. The van der Waals surface area contributed by atoms with Gasteiger partial charge in [0.2, 0.25) is 0 Å². The summed E-state index contributed by atoms with van der Waals surface area (Å²) in [5.74, 6) is 0.529. The minimum atomic E-state index is -0.197. The molecule has 0 aliphatic rings. The average Bonchev–Trinajstić information content (AvgIpc) is 3.26. The van der Waals surface area contributed by atoms with E-state index in [-0.39, 0.29) is 5.91 Å². The van der Waals surface area contributed by atoms with Crippen molar-refractivity contribution in [1.29, 1.82) is 0 Å². The molecule has 0 saturated carbocycles. The van der Waals surface area contributed by atoms with Crippen molar-refractivity contribution in [2.24, 2.45) is 0 Å². The second-order valence-electron chi connectivity index (χ2n) is 7.03. The van der Waals surface area contributed by atoms with E-state index in [1.165, 1.54) is 5.56 Å². The third kappa shape index (κ3) is 4.95.